The smallest absolute Gasteiger partial charge is 0.303 e. The largest absolute Gasteiger partial charge is 0.493 e. The molecule has 0 radical (unpaired) electrons. The van der Waals surface area contributed by atoms with E-state index >= 15 is 0 Å². The van der Waals surface area contributed by atoms with Gasteiger partial charge in [0, 0.05) is 19.2 Å². The van der Waals surface area contributed by atoms with Crippen LogP contribution in [0.15, 0.2) is 48.5 Å². The van der Waals surface area contributed by atoms with Crippen LogP contribution >= 0.6 is 0 Å². The molecule has 6 heteroatoms. The lowest BCUT2D eigenvalue weighted by molar-refractivity contribution is -0.145. The number of carbonyl (C=O) groups excluding carboxylic acids is 2. The first-order chi connectivity index (χ1) is 12.5. The van der Waals surface area contributed by atoms with Crippen molar-refractivity contribution in [1.82, 2.24) is 0 Å². The van der Waals surface area contributed by atoms with Gasteiger partial charge in [0.05, 0.1) is 14.2 Å². The number of ether oxygens (including phenoxy) is 3. The minimum absolute atomic E-state index is 0.271. The van der Waals surface area contributed by atoms with Crippen LogP contribution in [0, 0.1) is 0 Å². The van der Waals surface area contributed by atoms with Crippen molar-refractivity contribution in [2.75, 3.05) is 32.3 Å². The van der Waals surface area contributed by atoms with Gasteiger partial charge >= 0.3 is 5.97 Å². The number of benzene rings is 2. The highest BCUT2D eigenvalue weighted by atomic mass is 16.5. The third-order valence-electron chi connectivity index (χ3n) is 3.84. The molecule has 0 aromatic heterocycles. The maximum Gasteiger partial charge on any atom is 0.303 e. The maximum absolute atomic E-state index is 12.5. The van der Waals surface area contributed by atoms with E-state index in [1.54, 1.807) is 19.1 Å². The first kappa shape index (κ1) is 19.3. The van der Waals surface area contributed by atoms with Crippen LogP contribution in [-0.2, 0) is 20.7 Å². The van der Waals surface area contributed by atoms with Gasteiger partial charge < -0.3 is 19.1 Å². The second-order valence-corrected chi connectivity index (χ2v) is 5.60. The van der Waals surface area contributed by atoms with Crippen LogP contribution in [0.4, 0.5) is 5.69 Å². The number of esters is 1. The van der Waals surface area contributed by atoms with Crippen LogP contribution in [-0.4, -0.2) is 39.2 Å². The molecule has 0 aliphatic heterocycles. The van der Waals surface area contributed by atoms with E-state index < -0.39 is 5.97 Å². The summed E-state index contributed by atoms with van der Waals surface area (Å²) < 4.78 is 15.4. The molecule has 0 saturated heterocycles. The summed E-state index contributed by atoms with van der Waals surface area (Å²) in [4.78, 5) is 25.1. The van der Waals surface area contributed by atoms with Gasteiger partial charge in [-0.05, 0) is 36.2 Å². The molecule has 0 bridgehead atoms. The van der Waals surface area contributed by atoms with Gasteiger partial charge in [-0.1, -0.05) is 24.3 Å². The molecular weight excluding hydrogens is 334 g/mol. The first-order valence-corrected chi connectivity index (χ1v) is 8.25. The number of amides is 1. The Hall–Kier alpha value is -3.02. The Balaban J connectivity index is 2.14. The Bertz CT molecular complexity index is 745. The van der Waals surface area contributed by atoms with Gasteiger partial charge in [-0.2, -0.15) is 0 Å². The molecular formula is C20H23NO5. The number of para-hydroxylation sites is 1. The highest BCUT2D eigenvalue weighted by Gasteiger charge is 2.17. The van der Waals surface area contributed by atoms with Crippen LogP contribution in [0.2, 0.25) is 0 Å². The fraction of sp³-hybridized carbons (Fsp3) is 0.300. The minimum Gasteiger partial charge on any atom is -0.493 e. The summed E-state index contributed by atoms with van der Waals surface area (Å²) in [5, 5.41) is 0. The molecule has 0 fully saturated rings. The van der Waals surface area contributed by atoms with Crippen LogP contribution in [0.3, 0.4) is 0 Å². The number of rotatable bonds is 8. The quantitative estimate of drug-likeness (QED) is 0.680. The Morgan fingerprint density at radius 3 is 2.27 bits per heavy atom. The third kappa shape index (κ3) is 5.24. The Labute approximate surface area is 153 Å². The predicted molar refractivity (Wildman–Crippen MR) is 98.7 cm³/mol. The first-order valence-electron chi connectivity index (χ1n) is 8.25. The van der Waals surface area contributed by atoms with Crippen LogP contribution in [0.1, 0.15) is 12.5 Å². The summed E-state index contributed by atoms with van der Waals surface area (Å²) in [7, 11) is 3.17. The topological polar surface area (TPSA) is 65.1 Å². The summed E-state index contributed by atoms with van der Waals surface area (Å²) in [6.45, 7) is 1.44. The van der Waals surface area contributed by atoms with Crippen molar-refractivity contribution in [2.24, 2.45) is 0 Å². The molecule has 0 N–H and O–H groups in total. The van der Waals surface area contributed by atoms with Gasteiger partial charge in [0.25, 0.3) is 5.91 Å². The summed E-state index contributed by atoms with van der Waals surface area (Å²) in [5.41, 5.74) is 1.76. The van der Waals surface area contributed by atoms with E-state index in [1.807, 2.05) is 48.5 Å². The molecule has 0 heterocycles. The van der Waals surface area contributed by atoms with E-state index in [9.17, 15) is 9.59 Å². The maximum atomic E-state index is 12.5. The van der Waals surface area contributed by atoms with E-state index in [4.69, 9.17) is 14.2 Å². The van der Waals surface area contributed by atoms with Crippen molar-refractivity contribution in [3.63, 3.8) is 0 Å². The van der Waals surface area contributed by atoms with Gasteiger partial charge in [0.1, 0.15) is 0 Å². The standard InChI is InChI=1S/C20H23NO5/c1-15(22)26-14-20(23)21(17-7-5-4-6-8-17)12-11-16-9-10-18(24-2)19(13-16)25-3/h4-10,13H,11-12,14H2,1-3H3. The average Bonchev–Trinajstić information content (AvgIpc) is 2.67. The molecule has 6 nitrogen and oxygen atoms in total. The Morgan fingerprint density at radius 2 is 1.65 bits per heavy atom. The van der Waals surface area contributed by atoms with Gasteiger partial charge in [-0.3, -0.25) is 9.59 Å². The lowest BCUT2D eigenvalue weighted by Crippen LogP contribution is -2.36. The lowest BCUT2D eigenvalue weighted by Gasteiger charge is -2.23. The molecule has 0 spiro atoms. The van der Waals surface area contributed by atoms with E-state index in [0.29, 0.717) is 24.5 Å². The van der Waals surface area contributed by atoms with Crippen molar-refractivity contribution in [3.05, 3.63) is 54.1 Å². The molecule has 0 unspecified atom stereocenters. The molecule has 0 aliphatic rings. The third-order valence-corrected chi connectivity index (χ3v) is 3.84. The summed E-state index contributed by atoms with van der Waals surface area (Å²) in [6.07, 6.45) is 0.612. The number of hydrogen-bond acceptors (Lipinski definition) is 5. The second kappa shape index (κ2) is 9.46. The zero-order valence-electron chi connectivity index (χ0n) is 15.2. The fourth-order valence-corrected chi connectivity index (χ4v) is 2.52. The van der Waals surface area contributed by atoms with Crippen molar-refractivity contribution in [1.29, 1.82) is 0 Å². The van der Waals surface area contributed by atoms with E-state index in [0.717, 1.165) is 11.3 Å². The molecule has 0 saturated carbocycles. The summed E-state index contributed by atoms with van der Waals surface area (Å²) in [5.74, 6) is 0.544. The van der Waals surface area contributed by atoms with Crippen molar-refractivity contribution in [3.8, 4) is 11.5 Å². The summed E-state index contributed by atoms with van der Waals surface area (Å²) >= 11 is 0. The lowest BCUT2D eigenvalue weighted by atomic mass is 10.1. The van der Waals surface area contributed by atoms with E-state index in [2.05, 4.69) is 0 Å². The second-order valence-electron chi connectivity index (χ2n) is 5.60. The molecule has 2 rings (SSSR count). The molecule has 2 aromatic carbocycles. The zero-order chi connectivity index (χ0) is 18.9. The van der Waals surface area contributed by atoms with Gasteiger partial charge in [-0.15, -0.1) is 0 Å². The number of anilines is 1. The van der Waals surface area contributed by atoms with Gasteiger partial charge in [0.15, 0.2) is 18.1 Å². The number of hydrogen-bond donors (Lipinski definition) is 0. The Kier molecular flexibility index (Phi) is 7.02. The summed E-state index contributed by atoms with van der Waals surface area (Å²) in [6, 6.07) is 14.9. The van der Waals surface area contributed by atoms with E-state index in [1.165, 1.54) is 6.92 Å². The Morgan fingerprint density at radius 1 is 0.962 bits per heavy atom. The number of carbonyl (C=O) groups is 2. The molecule has 26 heavy (non-hydrogen) atoms. The molecule has 2 aromatic rings. The van der Waals surface area contributed by atoms with Crippen LogP contribution < -0.4 is 14.4 Å². The van der Waals surface area contributed by atoms with Crippen molar-refractivity contribution < 1.29 is 23.8 Å². The number of methoxy groups -OCH3 is 2. The van der Waals surface area contributed by atoms with Gasteiger partial charge in [-0.25, -0.2) is 0 Å². The average molecular weight is 357 g/mol. The SMILES string of the molecule is COc1ccc(CCN(C(=O)COC(C)=O)c2ccccc2)cc1OC. The van der Waals surface area contributed by atoms with E-state index in [-0.39, 0.29) is 12.5 Å². The van der Waals surface area contributed by atoms with Crippen LogP contribution in [0.25, 0.3) is 0 Å². The minimum atomic E-state index is -0.480. The normalized spacial score (nSPS) is 10.1. The predicted octanol–water partition coefficient (Wildman–Crippen LogP) is 2.84. The molecule has 1 amide bonds. The molecule has 0 atom stereocenters. The highest BCUT2D eigenvalue weighted by Crippen LogP contribution is 2.28. The zero-order valence-corrected chi connectivity index (χ0v) is 15.2. The fourth-order valence-electron chi connectivity index (χ4n) is 2.52. The van der Waals surface area contributed by atoms with Crippen molar-refractivity contribution in [2.45, 2.75) is 13.3 Å². The van der Waals surface area contributed by atoms with Crippen LogP contribution in [0.5, 0.6) is 11.5 Å². The molecule has 138 valence electrons. The molecule has 0 aliphatic carbocycles. The van der Waals surface area contributed by atoms with Gasteiger partial charge in [0.2, 0.25) is 0 Å². The highest BCUT2D eigenvalue weighted by molar-refractivity contribution is 5.95. The number of nitrogens with zero attached hydrogens (tertiary/aromatic N) is 1. The monoisotopic (exact) mass is 357 g/mol. The van der Waals surface area contributed by atoms with Crippen molar-refractivity contribution >= 4 is 17.6 Å².